The molecule has 1 amide bonds. The Balaban J connectivity index is 1.60. The maximum Gasteiger partial charge on any atom is 0.381 e. The van der Waals surface area contributed by atoms with Gasteiger partial charge in [-0.2, -0.15) is 0 Å². The molecule has 0 spiro atoms. The van der Waals surface area contributed by atoms with Gasteiger partial charge < -0.3 is 19.0 Å². The van der Waals surface area contributed by atoms with E-state index in [0.717, 1.165) is 11.3 Å². The first kappa shape index (κ1) is 20.6. The van der Waals surface area contributed by atoms with Crippen LogP contribution >= 0.6 is 22.9 Å². The number of aryl methyl sites for hydroxylation is 1. The van der Waals surface area contributed by atoms with Crippen LogP contribution in [0.15, 0.2) is 52.1 Å². The van der Waals surface area contributed by atoms with Gasteiger partial charge in [0.25, 0.3) is 5.91 Å². The molecule has 4 rings (SSSR count). The van der Waals surface area contributed by atoms with Crippen molar-refractivity contribution in [2.24, 2.45) is 7.05 Å². The van der Waals surface area contributed by atoms with Gasteiger partial charge in [0.05, 0.1) is 35.4 Å². The third kappa shape index (κ3) is 4.27. The number of pyridine rings is 1. The van der Waals surface area contributed by atoms with E-state index in [1.54, 1.807) is 41.4 Å². The van der Waals surface area contributed by atoms with Gasteiger partial charge in [-0.15, -0.1) is 10.2 Å². The Labute approximate surface area is 184 Å². The summed E-state index contributed by atoms with van der Waals surface area (Å²) in [7, 11) is 3.15. The Hall–Kier alpha value is -3.70. The number of methoxy groups -OCH3 is 1. The lowest BCUT2D eigenvalue weighted by Gasteiger charge is -2.10. The summed E-state index contributed by atoms with van der Waals surface area (Å²) >= 11 is 7.31. The topological polar surface area (TPSA) is 124 Å². The zero-order valence-corrected chi connectivity index (χ0v) is 17.8. The molecule has 0 saturated heterocycles. The molecule has 0 aliphatic rings. The summed E-state index contributed by atoms with van der Waals surface area (Å²) < 4.78 is 12.0. The molecule has 4 aromatic heterocycles. The average Bonchev–Trinajstić information content (AvgIpc) is 3.34. The lowest BCUT2D eigenvalue weighted by molar-refractivity contribution is 0.0991. The molecule has 4 aromatic rings. The molecule has 0 aromatic carbocycles. The van der Waals surface area contributed by atoms with Crippen LogP contribution in [-0.2, 0) is 7.05 Å². The van der Waals surface area contributed by atoms with E-state index in [-0.39, 0.29) is 22.3 Å². The lowest BCUT2D eigenvalue weighted by Crippen LogP contribution is -2.16. The fourth-order valence-electron chi connectivity index (χ4n) is 2.75. The van der Waals surface area contributed by atoms with E-state index >= 15 is 0 Å². The van der Waals surface area contributed by atoms with E-state index in [0.29, 0.717) is 21.4 Å². The monoisotopic (exact) mass is 458 g/mol. The Morgan fingerprint density at radius 1 is 1.32 bits per heavy atom. The molecule has 0 bridgehead atoms. The molecule has 0 atom stereocenters. The number of carbonyl (C=O) groups is 1. The van der Waals surface area contributed by atoms with Gasteiger partial charge in [0.2, 0.25) is 10.9 Å². The van der Waals surface area contributed by atoms with Crippen molar-refractivity contribution in [2.45, 2.75) is 0 Å². The fourth-order valence-corrected chi connectivity index (χ4v) is 3.93. The molecule has 0 fully saturated rings. The number of anilines is 3. The second-order valence-corrected chi connectivity index (χ2v) is 7.59. The van der Waals surface area contributed by atoms with Gasteiger partial charge in [0.1, 0.15) is 0 Å². The number of ether oxygens (including phenoxy) is 1. The third-order valence-electron chi connectivity index (χ3n) is 4.15. The van der Waals surface area contributed by atoms with Crippen molar-refractivity contribution < 1.29 is 13.9 Å². The number of halogens is 1. The molecule has 10 nitrogen and oxygen atoms in total. The smallest absolute Gasteiger partial charge is 0.381 e. The Kier molecular flexibility index (Phi) is 5.69. The molecule has 12 heteroatoms. The van der Waals surface area contributed by atoms with Crippen LogP contribution in [0.5, 0.6) is 5.75 Å². The quantitative estimate of drug-likeness (QED) is 0.449. The first-order valence-corrected chi connectivity index (χ1v) is 10.0. The van der Waals surface area contributed by atoms with Gasteiger partial charge in [-0.3, -0.25) is 15.1 Å². The molecule has 2 N–H and O–H groups in total. The van der Waals surface area contributed by atoms with E-state index in [1.165, 1.54) is 13.2 Å². The van der Waals surface area contributed by atoms with E-state index in [9.17, 15) is 9.59 Å². The van der Waals surface area contributed by atoms with E-state index in [4.69, 9.17) is 20.8 Å². The molecule has 4 heterocycles. The van der Waals surface area contributed by atoms with Gasteiger partial charge in [-0.05, 0) is 18.2 Å². The second-order valence-electron chi connectivity index (χ2n) is 6.20. The SMILES string of the molecule is COc1c(Nc2cccnc2)cc(C(=O)Nc2nnc(-c3c(Cl)ccn3C)s2)oc1=O. The van der Waals surface area contributed by atoms with Crippen molar-refractivity contribution >= 4 is 45.4 Å². The summed E-state index contributed by atoms with van der Waals surface area (Å²) in [4.78, 5) is 29.0. The predicted octanol–water partition coefficient (Wildman–Crippen LogP) is 3.55. The van der Waals surface area contributed by atoms with Crippen molar-refractivity contribution in [3.8, 4) is 16.5 Å². The summed E-state index contributed by atoms with van der Waals surface area (Å²) in [6, 6.07) is 6.57. The maximum absolute atomic E-state index is 12.7. The minimum Gasteiger partial charge on any atom is -0.488 e. The Morgan fingerprint density at radius 3 is 2.84 bits per heavy atom. The van der Waals surface area contributed by atoms with E-state index in [1.807, 2.05) is 7.05 Å². The first-order chi connectivity index (χ1) is 15.0. The summed E-state index contributed by atoms with van der Waals surface area (Å²) in [6.45, 7) is 0. The molecule has 0 unspecified atom stereocenters. The number of carbonyl (C=O) groups excluding carboxylic acids is 1. The third-order valence-corrected chi connectivity index (χ3v) is 5.30. The van der Waals surface area contributed by atoms with Crippen molar-refractivity contribution in [1.82, 2.24) is 19.7 Å². The van der Waals surface area contributed by atoms with Gasteiger partial charge >= 0.3 is 5.63 Å². The normalized spacial score (nSPS) is 10.7. The predicted molar refractivity (Wildman–Crippen MR) is 116 cm³/mol. The number of nitrogens with zero attached hydrogens (tertiary/aromatic N) is 4. The number of hydrogen-bond acceptors (Lipinski definition) is 9. The van der Waals surface area contributed by atoms with E-state index < -0.39 is 11.5 Å². The van der Waals surface area contributed by atoms with Gasteiger partial charge in [0, 0.05) is 25.5 Å². The highest BCUT2D eigenvalue weighted by Crippen LogP contribution is 2.32. The molecule has 0 saturated carbocycles. The van der Waals surface area contributed by atoms with Crippen LogP contribution in [0.25, 0.3) is 10.7 Å². The van der Waals surface area contributed by atoms with Crippen LogP contribution in [0.3, 0.4) is 0 Å². The first-order valence-electron chi connectivity index (χ1n) is 8.81. The van der Waals surface area contributed by atoms with Crippen molar-refractivity contribution in [3.63, 3.8) is 0 Å². The standard InChI is InChI=1S/C19H15ClN6O4S/c1-26-7-5-11(20)14(26)17-24-25-19(31-17)23-16(27)13-8-12(15(29-2)18(28)30-13)22-10-4-3-6-21-9-10/h3-9,22H,1-2H3,(H,23,25,27). The molecule has 0 radical (unpaired) electrons. The largest absolute Gasteiger partial charge is 0.488 e. The zero-order chi connectivity index (χ0) is 22.0. The van der Waals surface area contributed by atoms with Crippen LogP contribution in [0.4, 0.5) is 16.5 Å². The Bertz CT molecular complexity index is 1280. The number of hydrogen-bond donors (Lipinski definition) is 2. The fraction of sp³-hybridized carbons (Fsp3) is 0.105. The minimum atomic E-state index is -0.810. The van der Waals surface area contributed by atoms with Gasteiger partial charge in [0.15, 0.2) is 10.8 Å². The summed E-state index contributed by atoms with van der Waals surface area (Å²) in [5.74, 6) is -0.975. The average molecular weight is 459 g/mol. The Morgan fingerprint density at radius 2 is 2.16 bits per heavy atom. The number of amides is 1. The van der Waals surface area contributed by atoms with Crippen LogP contribution < -0.4 is 21.0 Å². The van der Waals surface area contributed by atoms with Crippen molar-refractivity contribution in [2.75, 3.05) is 17.7 Å². The van der Waals surface area contributed by atoms with Crippen LogP contribution in [0, 0.1) is 0 Å². The van der Waals surface area contributed by atoms with Gasteiger partial charge in [-0.25, -0.2) is 4.79 Å². The van der Waals surface area contributed by atoms with Crippen molar-refractivity contribution in [1.29, 1.82) is 0 Å². The number of nitrogens with one attached hydrogen (secondary N) is 2. The number of aromatic nitrogens is 4. The molecule has 0 aliphatic carbocycles. The summed E-state index contributed by atoms with van der Waals surface area (Å²) in [5.41, 5.74) is 0.727. The maximum atomic E-state index is 12.7. The summed E-state index contributed by atoms with van der Waals surface area (Å²) in [5, 5.41) is 14.9. The van der Waals surface area contributed by atoms with Crippen LogP contribution in [-0.4, -0.2) is 32.8 Å². The highest BCUT2D eigenvalue weighted by molar-refractivity contribution is 7.18. The second kappa shape index (κ2) is 8.58. The molecular formula is C19H15ClN6O4S. The zero-order valence-electron chi connectivity index (χ0n) is 16.2. The molecular weight excluding hydrogens is 444 g/mol. The van der Waals surface area contributed by atoms with Gasteiger partial charge in [-0.1, -0.05) is 22.9 Å². The highest BCUT2D eigenvalue weighted by atomic mass is 35.5. The van der Waals surface area contributed by atoms with Crippen molar-refractivity contribution in [3.05, 3.63) is 64.1 Å². The summed E-state index contributed by atoms with van der Waals surface area (Å²) in [6.07, 6.45) is 4.96. The van der Waals surface area contributed by atoms with Crippen LogP contribution in [0.2, 0.25) is 5.02 Å². The van der Waals surface area contributed by atoms with Crippen LogP contribution in [0.1, 0.15) is 10.6 Å². The highest BCUT2D eigenvalue weighted by Gasteiger charge is 2.20. The minimum absolute atomic E-state index is 0.0723. The molecule has 31 heavy (non-hydrogen) atoms. The lowest BCUT2D eigenvalue weighted by atomic mass is 10.3. The van der Waals surface area contributed by atoms with E-state index in [2.05, 4.69) is 25.8 Å². The molecule has 0 aliphatic heterocycles. The molecule has 158 valence electrons. The number of rotatable bonds is 6.